The Bertz CT molecular complexity index is 1180. The van der Waals surface area contributed by atoms with Crippen molar-refractivity contribution in [2.45, 2.75) is 25.8 Å². The van der Waals surface area contributed by atoms with Crippen molar-refractivity contribution < 1.29 is 24.2 Å². The molecule has 0 fully saturated rings. The summed E-state index contributed by atoms with van der Waals surface area (Å²) in [7, 11) is 0. The molecular weight excluding hydrogens is 450 g/mol. The molecule has 0 saturated carbocycles. The van der Waals surface area contributed by atoms with Crippen molar-refractivity contribution in [2.75, 3.05) is 19.7 Å². The molecule has 10 nitrogen and oxygen atoms in total. The number of carbonyl (C=O) groups excluding carboxylic acids is 2. The van der Waals surface area contributed by atoms with E-state index >= 15 is 0 Å². The van der Waals surface area contributed by atoms with Gasteiger partial charge in [-0.25, -0.2) is 9.48 Å². The van der Waals surface area contributed by atoms with Gasteiger partial charge in [0, 0.05) is 19.0 Å². The van der Waals surface area contributed by atoms with Crippen LogP contribution in [0.4, 0.5) is 4.79 Å². The number of aliphatic carboxylic acids is 1. The van der Waals surface area contributed by atoms with Crippen LogP contribution in [0.3, 0.4) is 0 Å². The molecule has 1 heterocycles. The zero-order valence-corrected chi connectivity index (χ0v) is 19.3. The molecule has 1 aliphatic carbocycles. The van der Waals surface area contributed by atoms with Gasteiger partial charge in [0.2, 0.25) is 0 Å². The van der Waals surface area contributed by atoms with Crippen molar-refractivity contribution in [3.8, 4) is 11.1 Å². The fraction of sp³-hybridized carbons (Fsp3) is 0.320. The van der Waals surface area contributed by atoms with Gasteiger partial charge in [0.1, 0.15) is 6.61 Å². The van der Waals surface area contributed by atoms with Gasteiger partial charge in [0.15, 0.2) is 5.69 Å². The van der Waals surface area contributed by atoms with E-state index < -0.39 is 23.9 Å². The van der Waals surface area contributed by atoms with Crippen LogP contribution in [0, 0.1) is 5.92 Å². The second kappa shape index (κ2) is 10.8. The summed E-state index contributed by atoms with van der Waals surface area (Å²) in [5, 5.41) is 21.9. The summed E-state index contributed by atoms with van der Waals surface area (Å²) < 4.78 is 6.94. The number of hydrogen-bond acceptors (Lipinski definition) is 6. The molecule has 182 valence electrons. The fourth-order valence-corrected chi connectivity index (χ4v) is 4.05. The van der Waals surface area contributed by atoms with E-state index in [-0.39, 0.29) is 31.3 Å². The van der Waals surface area contributed by atoms with Gasteiger partial charge in [-0.2, -0.15) is 0 Å². The molecule has 4 rings (SSSR count). The van der Waals surface area contributed by atoms with Crippen LogP contribution in [0.2, 0.25) is 0 Å². The van der Waals surface area contributed by atoms with Crippen LogP contribution < -0.4 is 10.6 Å². The highest BCUT2D eigenvalue weighted by atomic mass is 16.5. The first-order chi connectivity index (χ1) is 16.9. The Balaban J connectivity index is 1.21. The van der Waals surface area contributed by atoms with Crippen LogP contribution in [-0.2, 0) is 16.1 Å². The number of benzene rings is 2. The summed E-state index contributed by atoms with van der Waals surface area (Å²) in [5.41, 5.74) is 4.74. The Morgan fingerprint density at radius 3 is 2.34 bits per heavy atom. The van der Waals surface area contributed by atoms with E-state index in [2.05, 4.69) is 45.2 Å². The smallest absolute Gasteiger partial charge is 0.407 e. The average molecular weight is 478 g/mol. The third-order valence-electron chi connectivity index (χ3n) is 6.01. The second-order valence-corrected chi connectivity index (χ2v) is 8.40. The number of carboxylic acids is 1. The molecule has 0 saturated heterocycles. The number of carbonyl (C=O) groups is 3. The number of amides is 2. The summed E-state index contributed by atoms with van der Waals surface area (Å²) in [5.74, 6) is -1.90. The molecule has 35 heavy (non-hydrogen) atoms. The Morgan fingerprint density at radius 2 is 1.69 bits per heavy atom. The standard InChI is InChI=1S/C25H27N5O5/c1-16(24(32)33)10-11-26-23(31)22-14-30(29-28-22)13-12-27-25(34)35-15-21-19-8-4-2-6-17(19)18-7-3-5-9-20(18)21/h2-9,14,16,21H,10-13,15H2,1H3,(H,26,31)(H,27,34)(H,32,33). The van der Waals surface area contributed by atoms with Crippen LogP contribution in [0.15, 0.2) is 54.7 Å². The van der Waals surface area contributed by atoms with Crippen molar-refractivity contribution in [2.24, 2.45) is 5.92 Å². The third-order valence-corrected chi connectivity index (χ3v) is 6.01. The molecule has 0 spiro atoms. The number of nitrogens with one attached hydrogen (secondary N) is 2. The summed E-state index contributed by atoms with van der Waals surface area (Å²) in [6, 6.07) is 16.3. The highest BCUT2D eigenvalue weighted by Crippen LogP contribution is 2.44. The topological polar surface area (TPSA) is 135 Å². The monoisotopic (exact) mass is 477 g/mol. The lowest BCUT2D eigenvalue weighted by Crippen LogP contribution is -2.29. The van der Waals surface area contributed by atoms with Crippen molar-refractivity contribution >= 4 is 18.0 Å². The van der Waals surface area contributed by atoms with E-state index in [0.717, 1.165) is 11.1 Å². The highest BCUT2D eigenvalue weighted by molar-refractivity contribution is 5.91. The minimum atomic E-state index is -0.908. The number of carboxylic acid groups (broad SMARTS) is 1. The first-order valence-electron chi connectivity index (χ1n) is 11.4. The Labute approximate surface area is 202 Å². The van der Waals surface area contributed by atoms with Gasteiger partial charge < -0.3 is 20.5 Å². The van der Waals surface area contributed by atoms with Crippen LogP contribution in [0.5, 0.6) is 0 Å². The van der Waals surface area contributed by atoms with Crippen LogP contribution in [0.1, 0.15) is 40.9 Å². The van der Waals surface area contributed by atoms with Crippen molar-refractivity contribution in [1.29, 1.82) is 0 Å². The van der Waals surface area contributed by atoms with E-state index in [4.69, 9.17) is 9.84 Å². The number of rotatable bonds is 10. The molecule has 0 bridgehead atoms. The number of fused-ring (bicyclic) bond motifs is 3. The van der Waals surface area contributed by atoms with Crippen molar-refractivity contribution in [3.05, 3.63) is 71.5 Å². The molecule has 3 aromatic rings. The summed E-state index contributed by atoms with van der Waals surface area (Å²) in [6.45, 7) is 2.59. The minimum Gasteiger partial charge on any atom is -0.481 e. The van der Waals surface area contributed by atoms with Gasteiger partial charge in [-0.05, 0) is 28.7 Å². The number of nitrogens with zero attached hydrogens (tertiary/aromatic N) is 3. The zero-order chi connectivity index (χ0) is 24.8. The number of hydrogen-bond donors (Lipinski definition) is 3. The molecule has 2 aromatic carbocycles. The summed E-state index contributed by atoms with van der Waals surface area (Å²) >= 11 is 0. The third kappa shape index (κ3) is 5.65. The maximum absolute atomic E-state index is 12.3. The highest BCUT2D eigenvalue weighted by Gasteiger charge is 2.28. The van der Waals surface area contributed by atoms with Gasteiger partial charge in [0.25, 0.3) is 5.91 Å². The molecule has 2 amide bonds. The lowest BCUT2D eigenvalue weighted by molar-refractivity contribution is -0.141. The van der Waals surface area contributed by atoms with Gasteiger partial charge in [-0.1, -0.05) is 60.7 Å². The molecule has 1 aromatic heterocycles. The first-order valence-corrected chi connectivity index (χ1v) is 11.4. The molecule has 3 N–H and O–H groups in total. The number of ether oxygens (including phenoxy) is 1. The first kappa shape index (κ1) is 23.9. The largest absolute Gasteiger partial charge is 0.481 e. The van der Waals surface area contributed by atoms with Crippen LogP contribution in [-0.4, -0.2) is 57.8 Å². The second-order valence-electron chi connectivity index (χ2n) is 8.40. The van der Waals surface area contributed by atoms with E-state index in [1.165, 1.54) is 22.0 Å². The van der Waals surface area contributed by atoms with Gasteiger partial charge in [-0.15, -0.1) is 5.10 Å². The van der Waals surface area contributed by atoms with E-state index in [1.807, 2.05) is 24.3 Å². The maximum Gasteiger partial charge on any atom is 0.407 e. The minimum absolute atomic E-state index is 0.0111. The van der Waals surface area contributed by atoms with E-state index in [1.54, 1.807) is 6.92 Å². The molecule has 1 aliphatic rings. The maximum atomic E-state index is 12.3. The quantitative estimate of drug-likeness (QED) is 0.408. The molecular formula is C25H27N5O5. The van der Waals surface area contributed by atoms with E-state index in [9.17, 15) is 14.4 Å². The van der Waals surface area contributed by atoms with Crippen molar-refractivity contribution in [3.63, 3.8) is 0 Å². The normalized spacial score (nSPS) is 12.9. The van der Waals surface area contributed by atoms with Gasteiger partial charge >= 0.3 is 12.1 Å². The Morgan fingerprint density at radius 1 is 1.03 bits per heavy atom. The predicted octanol–water partition coefficient (Wildman–Crippen LogP) is 2.66. The zero-order valence-electron chi connectivity index (χ0n) is 19.3. The Kier molecular flexibility index (Phi) is 7.39. The molecule has 10 heteroatoms. The van der Waals surface area contributed by atoms with Crippen molar-refractivity contribution in [1.82, 2.24) is 25.6 Å². The van der Waals surface area contributed by atoms with Crippen LogP contribution >= 0.6 is 0 Å². The molecule has 1 unspecified atom stereocenters. The number of alkyl carbamates (subject to hydrolysis) is 1. The lowest BCUT2D eigenvalue weighted by Gasteiger charge is -2.14. The predicted molar refractivity (Wildman–Crippen MR) is 127 cm³/mol. The average Bonchev–Trinajstić information content (AvgIpc) is 3.45. The summed E-state index contributed by atoms with van der Waals surface area (Å²) in [6.07, 6.45) is 1.26. The van der Waals surface area contributed by atoms with Gasteiger partial charge in [0.05, 0.1) is 18.7 Å². The molecule has 0 aliphatic heterocycles. The summed E-state index contributed by atoms with van der Waals surface area (Å²) in [4.78, 5) is 35.2. The van der Waals surface area contributed by atoms with Crippen LogP contribution in [0.25, 0.3) is 11.1 Å². The SMILES string of the molecule is CC(CCNC(=O)c1cn(CCNC(=O)OCC2c3ccccc3-c3ccccc32)nn1)C(=O)O. The fourth-order valence-electron chi connectivity index (χ4n) is 4.05. The Hall–Kier alpha value is -4.21. The lowest BCUT2D eigenvalue weighted by atomic mass is 9.98. The van der Waals surface area contributed by atoms with E-state index in [0.29, 0.717) is 13.0 Å². The van der Waals surface area contributed by atoms with Gasteiger partial charge in [-0.3, -0.25) is 9.59 Å². The number of aromatic nitrogens is 3. The molecule has 0 radical (unpaired) electrons. The molecule has 1 atom stereocenters.